The standard InChI is InChI=1S/C16H18ClN4O2/c17-13-3-1-2-12(10-13)4-5-14(22)20-16(11-18)6-8-21(9-7-16)15(19)23/h1-3,5,10H,4,6-9H2,(H2,19,23)(H,20,22). The Bertz CT molecular complexity index is 633. The number of nitrogens with two attached hydrogens (primary N) is 1. The van der Waals surface area contributed by atoms with E-state index in [1.165, 1.54) is 11.3 Å². The third-order valence-corrected chi connectivity index (χ3v) is 4.15. The van der Waals surface area contributed by atoms with Crippen LogP contribution in [0.1, 0.15) is 18.4 Å². The van der Waals surface area contributed by atoms with Crippen molar-refractivity contribution in [2.24, 2.45) is 5.73 Å². The van der Waals surface area contributed by atoms with Crippen molar-refractivity contribution >= 4 is 23.5 Å². The molecule has 1 radical (unpaired) electrons. The largest absolute Gasteiger partial charge is 0.351 e. The molecule has 0 unspecified atom stereocenters. The molecule has 0 spiro atoms. The summed E-state index contributed by atoms with van der Waals surface area (Å²) in [4.78, 5) is 24.7. The maximum absolute atomic E-state index is 12.1. The van der Waals surface area contributed by atoms with Gasteiger partial charge in [0.05, 0.1) is 12.5 Å². The number of carbonyl (C=O) groups excluding carboxylic acids is 2. The van der Waals surface area contributed by atoms with E-state index in [1.54, 1.807) is 12.1 Å². The van der Waals surface area contributed by atoms with Crippen molar-refractivity contribution in [3.05, 3.63) is 41.3 Å². The predicted molar refractivity (Wildman–Crippen MR) is 86.3 cm³/mol. The van der Waals surface area contributed by atoms with Gasteiger partial charge in [-0.05, 0) is 24.1 Å². The lowest BCUT2D eigenvalue weighted by Gasteiger charge is -2.36. The number of amides is 3. The van der Waals surface area contributed by atoms with Crippen LogP contribution in [0.4, 0.5) is 4.79 Å². The minimum Gasteiger partial charge on any atom is -0.351 e. The molecule has 0 atom stereocenters. The molecule has 1 aliphatic rings. The fourth-order valence-corrected chi connectivity index (χ4v) is 2.75. The van der Waals surface area contributed by atoms with E-state index in [0.717, 1.165) is 5.56 Å². The number of benzene rings is 1. The highest BCUT2D eigenvalue weighted by Gasteiger charge is 2.36. The van der Waals surface area contributed by atoms with E-state index in [-0.39, 0.29) is 5.91 Å². The zero-order valence-electron chi connectivity index (χ0n) is 12.6. The molecule has 0 saturated carbocycles. The summed E-state index contributed by atoms with van der Waals surface area (Å²) in [6, 6.07) is 8.91. The molecule has 0 bridgehead atoms. The van der Waals surface area contributed by atoms with E-state index in [0.29, 0.717) is 37.4 Å². The average molecular weight is 334 g/mol. The Kier molecular flexibility index (Phi) is 5.45. The number of rotatable bonds is 4. The van der Waals surface area contributed by atoms with Crippen molar-refractivity contribution < 1.29 is 9.59 Å². The maximum Gasteiger partial charge on any atom is 0.314 e. The minimum absolute atomic E-state index is 0.306. The summed E-state index contributed by atoms with van der Waals surface area (Å²) in [6.45, 7) is 0.717. The lowest BCUT2D eigenvalue weighted by atomic mass is 9.88. The van der Waals surface area contributed by atoms with Crippen molar-refractivity contribution in [1.82, 2.24) is 10.2 Å². The van der Waals surface area contributed by atoms with Crippen LogP contribution in [-0.2, 0) is 11.2 Å². The summed E-state index contributed by atoms with van der Waals surface area (Å²) in [5.74, 6) is -0.306. The van der Waals surface area contributed by atoms with Gasteiger partial charge in [-0.15, -0.1) is 0 Å². The monoisotopic (exact) mass is 333 g/mol. The van der Waals surface area contributed by atoms with Gasteiger partial charge in [0.15, 0.2) is 0 Å². The smallest absolute Gasteiger partial charge is 0.314 e. The van der Waals surface area contributed by atoms with Crippen LogP contribution in [0, 0.1) is 17.8 Å². The Hall–Kier alpha value is -2.26. The number of nitriles is 1. The first-order chi connectivity index (χ1) is 10.9. The van der Waals surface area contributed by atoms with Crippen LogP contribution in [-0.4, -0.2) is 35.5 Å². The van der Waals surface area contributed by atoms with Crippen LogP contribution in [0.15, 0.2) is 24.3 Å². The number of carbonyl (C=O) groups is 2. The second kappa shape index (κ2) is 7.34. The molecule has 1 aromatic rings. The Morgan fingerprint density at radius 1 is 1.43 bits per heavy atom. The van der Waals surface area contributed by atoms with E-state index in [9.17, 15) is 14.9 Å². The van der Waals surface area contributed by atoms with Crippen molar-refractivity contribution in [2.45, 2.75) is 24.8 Å². The molecule has 23 heavy (non-hydrogen) atoms. The molecule has 1 aromatic carbocycles. The normalized spacial score (nSPS) is 16.4. The van der Waals surface area contributed by atoms with Gasteiger partial charge in [0.25, 0.3) is 0 Å². The number of likely N-dealkylation sites (tertiary alicyclic amines) is 1. The molecule has 3 amide bonds. The van der Waals surface area contributed by atoms with Crippen LogP contribution in [0.25, 0.3) is 0 Å². The highest BCUT2D eigenvalue weighted by molar-refractivity contribution is 6.30. The van der Waals surface area contributed by atoms with Crippen LogP contribution < -0.4 is 11.1 Å². The minimum atomic E-state index is -0.951. The summed E-state index contributed by atoms with van der Waals surface area (Å²) in [5.41, 5.74) is 5.19. The number of piperidine rings is 1. The Morgan fingerprint density at radius 2 is 2.13 bits per heavy atom. The average Bonchev–Trinajstić information content (AvgIpc) is 2.53. The fraction of sp³-hybridized carbons (Fsp3) is 0.375. The highest BCUT2D eigenvalue weighted by Crippen LogP contribution is 2.22. The number of nitrogens with one attached hydrogen (secondary N) is 1. The van der Waals surface area contributed by atoms with E-state index in [1.807, 2.05) is 12.1 Å². The molecule has 1 heterocycles. The molecule has 1 fully saturated rings. The second-order valence-electron chi connectivity index (χ2n) is 5.55. The zero-order chi connectivity index (χ0) is 16.9. The van der Waals surface area contributed by atoms with Gasteiger partial charge in [-0.3, -0.25) is 4.79 Å². The molecule has 0 aromatic heterocycles. The third kappa shape index (κ3) is 4.60. The van der Waals surface area contributed by atoms with Gasteiger partial charge in [0, 0.05) is 31.0 Å². The Labute approximate surface area is 140 Å². The summed E-state index contributed by atoms with van der Waals surface area (Å²) < 4.78 is 0. The van der Waals surface area contributed by atoms with Crippen LogP contribution in [0.5, 0.6) is 0 Å². The molecule has 121 valence electrons. The first kappa shape index (κ1) is 17.1. The Balaban J connectivity index is 1.88. The van der Waals surface area contributed by atoms with E-state index >= 15 is 0 Å². The van der Waals surface area contributed by atoms with Crippen LogP contribution >= 0.6 is 11.6 Å². The lowest BCUT2D eigenvalue weighted by Crippen LogP contribution is -2.56. The summed E-state index contributed by atoms with van der Waals surface area (Å²) >= 11 is 5.90. The lowest BCUT2D eigenvalue weighted by molar-refractivity contribution is -0.119. The van der Waals surface area contributed by atoms with Gasteiger partial charge in [0.1, 0.15) is 5.54 Å². The molecular formula is C16H18ClN4O2. The molecular weight excluding hydrogens is 316 g/mol. The van der Waals surface area contributed by atoms with Crippen LogP contribution in [0.2, 0.25) is 5.02 Å². The van der Waals surface area contributed by atoms with E-state index < -0.39 is 11.6 Å². The van der Waals surface area contributed by atoms with Crippen molar-refractivity contribution in [3.63, 3.8) is 0 Å². The summed E-state index contributed by atoms with van der Waals surface area (Å²) in [7, 11) is 0. The number of nitrogens with zero attached hydrogens (tertiary/aromatic N) is 2. The van der Waals surface area contributed by atoms with Crippen LogP contribution in [0.3, 0.4) is 0 Å². The second-order valence-corrected chi connectivity index (χ2v) is 5.98. The Morgan fingerprint density at radius 3 is 2.70 bits per heavy atom. The zero-order valence-corrected chi connectivity index (χ0v) is 13.3. The SMILES string of the molecule is N#CC1(NC(=O)[CH]Cc2cccc(Cl)c2)CCN(C(N)=O)CC1. The van der Waals surface area contributed by atoms with Crippen molar-refractivity contribution in [3.8, 4) is 6.07 Å². The number of hydrogen-bond acceptors (Lipinski definition) is 3. The van der Waals surface area contributed by atoms with Gasteiger partial charge in [0.2, 0.25) is 5.91 Å². The maximum atomic E-state index is 12.1. The van der Waals surface area contributed by atoms with Crippen molar-refractivity contribution in [1.29, 1.82) is 5.26 Å². The number of primary amides is 1. The predicted octanol–water partition coefficient (Wildman–Crippen LogP) is 1.64. The quantitative estimate of drug-likeness (QED) is 0.876. The highest BCUT2D eigenvalue weighted by atomic mass is 35.5. The van der Waals surface area contributed by atoms with E-state index in [2.05, 4.69) is 11.4 Å². The summed E-state index contributed by atoms with van der Waals surface area (Å²) in [6.07, 6.45) is 2.65. The van der Waals surface area contributed by atoms with Crippen molar-refractivity contribution in [2.75, 3.05) is 13.1 Å². The van der Waals surface area contributed by atoms with Gasteiger partial charge >= 0.3 is 6.03 Å². The molecule has 0 aliphatic carbocycles. The molecule has 1 saturated heterocycles. The third-order valence-electron chi connectivity index (χ3n) is 3.92. The van der Waals surface area contributed by atoms with Gasteiger partial charge in [-0.1, -0.05) is 23.7 Å². The number of hydrogen-bond donors (Lipinski definition) is 2. The number of halogens is 1. The topological polar surface area (TPSA) is 99.2 Å². The van der Waals surface area contributed by atoms with Gasteiger partial charge < -0.3 is 16.0 Å². The molecule has 1 aliphatic heterocycles. The first-order valence-corrected chi connectivity index (χ1v) is 7.67. The molecule has 6 nitrogen and oxygen atoms in total. The molecule has 3 N–H and O–H groups in total. The molecule has 2 rings (SSSR count). The summed E-state index contributed by atoms with van der Waals surface area (Å²) in [5, 5.41) is 12.8. The van der Waals surface area contributed by atoms with E-state index in [4.69, 9.17) is 17.3 Å². The first-order valence-electron chi connectivity index (χ1n) is 7.29. The van der Waals surface area contributed by atoms with Gasteiger partial charge in [-0.2, -0.15) is 5.26 Å². The number of urea groups is 1. The molecule has 7 heteroatoms. The fourth-order valence-electron chi connectivity index (χ4n) is 2.53. The van der Waals surface area contributed by atoms with Gasteiger partial charge in [-0.25, -0.2) is 4.79 Å².